The Labute approximate surface area is 105 Å². The molecule has 0 aromatic heterocycles. The summed E-state index contributed by atoms with van der Waals surface area (Å²) in [6.45, 7) is 1.21. The molecule has 0 heterocycles. The van der Waals surface area contributed by atoms with Gasteiger partial charge in [0.05, 0.1) is 0 Å². The van der Waals surface area contributed by atoms with E-state index in [4.69, 9.17) is 5.73 Å². The van der Waals surface area contributed by atoms with E-state index in [0.717, 1.165) is 18.2 Å². The third kappa shape index (κ3) is 3.74. The summed E-state index contributed by atoms with van der Waals surface area (Å²) < 4.78 is 0. The van der Waals surface area contributed by atoms with Crippen molar-refractivity contribution in [2.24, 2.45) is 0 Å². The predicted octanol–water partition coefficient (Wildman–Crippen LogP) is 3.08. The van der Waals surface area contributed by atoms with Crippen molar-refractivity contribution in [3.63, 3.8) is 0 Å². The van der Waals surface area contributed by atoms with E-state index in [0.29, 0.717) is 0 Å². The highest BCUT2D eigenvalue weighted by Crippen LogP contribution is 2.22. The SMILES string of the molecule is CN(CCCc1cccc(N)c1)C1CCCC1. The lowest BCUT2D eigenvalue weighted by molar-refractivity contribution is 0.243. The van der Waals surface area contributed by atoms with Crippen LogP contribution in [0.15, 0.2) is 24.3 Å². The fraction of sp³-hybridized carbons (Fsp3) is 0.600. The summed E-state index contributed by atoms with van der Waals surface area (Å²) in [6, 6.07) is 9.11. The van der Waals surface area contributed by atoms with Gasteiger partial charge in [-0.1, -0.05) is 25.0 Å². The molecule has 0 amide bonds. The van der Waals surface area contributed by atoms with E-state index in [1.165, 1.54) is 44.2 Å². The molecule has 94 valence electrons. The minimum atomic E-state index is 0.843. The first-order chi connectivity index (χ1) is 8.25. The van der Waals surface area contributed by atoms with Crippen LogP contribution < -0.4 is 5.73 Å². The van der Waals surface area contributed by atoms with Gasteiger partial charge in [0.15, 0.2) is 0 Å². The van der Waals surface area contributed by atoms with Crippen LogP contribution in [0.1, 0.15) is 37.7 Å². The van der Waals surface area contributed by atoms with Crippen LogP contribution in [-0.4, -0.2) is 24.5 Å². The smallest absolute Gasteiger partial charge is 0.0316 e. The Balaban J connectivity index is 1.71. The molecule has 2 rings (SSSR count). The molecular formula is C15H24N2. The van der Waals surface area contributed by atoms with Gasteiger partial charge in [-0.15, -0.1) is 0 Å². The molecule has 2 nitrogen and oxygen atoms in total. The lowest BCUT2D eigenvalue weighted by Gasteiger charge is -2.23. The van der Waals surface area contributed by atoms with Crippen molar-refractivity contribution in [1.29, 1.82) is 0 Å². The van der Waals surface area contributed by atoms with Crippen molar-refractivity contribution < 1.29 is 0 Å². The number of nitrogens with zero attached hydrogens (tertiary/aromatic N) is 1. The molecule has 0 saturated heterocycles. The first kappa shape index (κ1) is 12.4. The van der Waals surface area contributed by atoms with Crippen LogP contribution in [0.3, 0.4) is 0 Å². The van der Waals surface area contributed by atoms with Crippen LogP contribution in [0.25, 0.3) is 0 Å². The third-order valence-electron chi connectivity index (χ3n) is 3.88. The van der Waals surface area contributed by atoms with Crippen LogP contribution in [-0.2, 0) is 6.42 Å². The zero-order valence-corrected chi connectivity index (χ0v) is 10.9. The van der Waals surface area contributed by atoms with Gasteiger partial charge in [-0.05, 0) is 57.0 Å². The molecule has 0 radical (unpaired) electrons. The molecule has 0 spiro atoms. The number of nitrogens with two attached hydrogens (primary N) is 1. The Morgan fingerprint density at radius 1 is 1.29 bits per heavy atom. The Bertz CT molecular complexity index is 343. The van der Waals surface area contributed by atoms with Crippen molar-refractivity contribution in [3.05, 3.63) is 29.8 Å². The summed E-state index contributed by atoms with van der Waals surface area (Å²) in [7, 11) is 2.27. The number of benzene rings is 1. The number of anilines is 1. The Hall–Kier alpha value is -1.02. The Morgan fingerprint density at radius 3 is 2.76 bits per heavy atom. The maximum atomic E-state index is 5.78. The first-order valence-electron chi connectivity index (χ1n) is 6.80. The number of rotatable bonds is 5. The fourth-order valence-corrected chi connectivity index (χ4v) is 2.81. The van der Waals surface area contributed by atoms with Crippen LogP contribution in [0.4, 0.5) is 5.69 Å². The van der Waals surface area contributed by atoms with E-state index in [1.54, 1.807) is 0 Å². The number of hydrogen-bond acceptors (Lipinski definition) is 2. The lowest BCUT2D eigenvalue weighted by Crippen LogP contribution is -2.30. The van der Waals surface area contributed by atoms with Crippen molar-refractivity contribution in [3.8, 4) is 0 Å². The molecular weight excluding hydrogens is 208 g/mol. The number of nitrogen functional groups attached to an aromatic ring is 1. The van der Waals surface area contributed by atoms with Crippen LogP contribution in [0, 0.1) is 0 Å². The summed E-state index contributed by atoms with van der Waals surface area (Å²) >= 11 is 0. The van der Waals surface area contributed by atoms with Gasteiger partial charge in [-0.25, -0.2) is 0 Å². The highest BCUT2D eigenvalue weighted by molar-refractivity contribution is 5.40. The van der Waals surface area contributed by atoms with Gasteiger partial charge in [-0.2, -0.15) is 0 Å². The molecule has 17 heavy (non-hydrogen) atoms. The molecule has 2 N–H and O–H groups in total. The normalized spacial score (nSPS) is 16.8. The Kier molecular flexibility index (Phi) is 4.43. The molecule has 1 aliphatic carbocycles. The lowest BCUT2D eigenvalue weighted by atomic mass is 10.1. The van der Waals surface area contributed by atoms with E-state index in [2.05, 4.69) is 24.1 Å². The van der Waals surface area contributed by atoms with Crippen LogP contribution in [0.2, 0.25) is 0 Å². The molecule has 0 atom stereocenters. The van der Waals surface area contributed by atoms with E-state index in [1.807, 2.05) is 12.1 Å². The highest BCUT2D eigenvalue weighted by Gasteiger charge is 2.18. The molecule has 0 aliphatic heterocycles. The molecule has 1 aromatic carbocycles. The second-order valence-corrected chi connectivity index (χ2v) is 5.27. The summed E-state index contributed by atoms with van der Waals surface area (Å²) in [6.07, 6.45) is 8.01. The standard InChI is InChI=1S/C15H24N2/c1-17(15-9-2-3-10-15)11-5-7-13-6-4-8-14(16)12-13/h4,6,8,12,15H,2-3,5,7,9-11,16H2,1H3. The van der Waals surface area contributed by atoms with Crippen molar-refractivity contribution in [2.45, 2.75) is 44.6 Å². The summed E-state index contributed by atoms with van der Waals surface area (Å²) in [5.41, 5.74) is 8.03. The molecule has 0 bridgehead atoms. The van der Waals surface area contributed by atoms with Crippen molar-refractivity contribution >= 4 is 5.69 Å². The maximum absolute atomic E-state index is 5.78. The average Bonchev–Trinajstić information content (AvgIpc) is 2.82. The summed E-state index contributed by atoms with van der Waals surface area (Å²) in [5.74, 6) is 0. The van der Waals surface area contributed by atoms with Gasteiger partial charge < -0.3 is 10.6 Å². The van der Waals surface area contributed by atoms with Gasteiger partial charge in [0.1, 0.15) is 0 Å². The van der Waals surface area contributed by atoms with Gasteiger partial charge in [0.25, 0.3) is 0 Å². The molecule has 0 unspecified atom stereocenters. The Morgan fingerprint density at radius 2 is 2.06 bits per heavy atom. The molecule has 1 aromatic rings. The topological polar surface area (TPSA) is 29.3 Å². The minimum Gasteiger partial charge on any atom is -0.399 e. The number of aryl methyl sites for hydroxylation is 1. The van der Waals surface area contributed by atoms with Crippen LogP contribution >= 0.6 is 0 Å². The highest BCUT2D eigenvalue weighted by atomic mass is 15.1. The minimum absolute atomic E-state index is 0.843. The zero-order valence-electron chi connectivity index (χ0n) is 10.9. The van der Waals surface area contributed by atoms with Crippen molar-refractivity contribution in [2.75, 3.05) is 19.3 Å². The second kappa shape index (κ2) is 6.06. The van der Waals surface area contributed by atoms with Crippen molar-refractivity contribution in [1.82, 2.24) is 4.90 Å². The van der Waals surface area contributed by atoms with E-state index < -0.39 is 0 Å². The first-order valence-corrected chi connectivity index (χ1v) is 6.80. The second-order valence-electron chi connectivity index (χ2n) is 5.27. The van der Waals surface area contributed by atoms with Gasteiger partial charge in [0.2, 0.25) is 0 Å². The summed E-state index contributed by atoms with van der Waals surface area (Å²) in [4.78, 5) is 2.54. The van der Waals surface area contributed by atoms with E-state index >= 15 is 0 Å². The maximum Gasteiger partial charge on any atom is 0.0316 e. The van der Waals surface area contributed by atoms with Crippen LogP contribution in [0.5, 0.6) is 0 Å². The zero-order chi connectivity index (χ0) is 12.1. The van der Waals surface area contributed by atoms with E-state index in [-0.39, 0.29) is 0 Å². The third-order valence-corrected chi connectivity index (χ3v) is 3.88. The largest absolute Gasteiger partial charge is 0.399 e. The van der Waals surface area contributed by atoms with Gasteiger partial charge in [0, 0.05) is 11.7 Å². The van der Waals surface area contributed by atoms with Gasteiger partial charge >= 0.3 is 0 Å². The monoisotopic (exact) mass is 232 g/mol. The molecule has 1 fully saturated rings. The average molecular weight is 232 g/mol. The fourth-order valence-electron chi connectivity index (χ4n) is 2.81. The van der Waals surface area contributed by atoms with Gasteiger partial charge in [-0.3, -0.25) is 0 Å². The van der Waals surface area contributed by atoms with E-state index in [9.17, 15) is 0 Å². The molecule has 2 heteroatoms. The summed E-state index contributed by atoms with van der Waals surface area (Å²) in [5, 5.41) is 0. The molecule has 1 aliphatic rings. The predicted molar refractivity (Wildman–Crippen MR) is 74.1 cm³/mol. The number of hydrogen-bond donors (Lipinski definition) is 1. The quantitative estimate of drug-likeness (QED) is 0.791. The molecule has 1 saturated carbocycles.